The average molecular weight is 710 g/mol. The SMILES string of the molecule is c1cnc2c(c1)ccc1c(-c3ccc4c(ccc5cc(-c6ccc(-c7nc8ccccc8c8c9ccccc9c9ccccc9c78)cc6)ccc54)c3)ccnc12. The molecule has 0 unspecified atom stereocenters. The summed E-state index contributed by atoms with van der Waals surface area (Å²) >= 11 is 0. The highest BCUT2D eigenvalue weighted by atomic mass is 14.7. The smallest absolute Gasteiger partial charge is 0.0970 e. The highest BCUT2D eigenvalue weighted by molar-refractivity contribution is 6.33. The van der Waals surface area contributed by atoms with Gasteiger partial charge < -0.3 is 0 Å². The van der Waals surface area contributed by atoms with E-state index >= 15 is 0 Å². The van der Waals surface area contributed by atoms with Crippen molar-refractivity contribution in [2.24, 2.45) is 0 Å². The number of rotatable bonds is 3. The maximum absolute atomic E-state index is 5.35. The number of hydrogen-bond donors (Lipinski definition) is 0. The minimum atomic E-state index is 0.934. The molecule has 0 bridgehead atoms. The van der Waals surface area contributed by atoms with Crippen molar-refractivity contribution in [2.45, 2.75) is 0 Å². The number of aromatic nitrogens is 3. The van der Waals surface area contributed by atoms with Gasteiger partial charge >= 0.3 is 0 Å². The number of fused-ring (bicyclic) bond motifs is 14. The summed E-state index contributed by atoms with van der Waals surface area (Å²) in [6, 6.07) is 63.7. The van der Waals surface area contributed by atoms with Crippen LogP contribution >= 0.6 is 0 Å². The Morgan fingerprint density at radius 1 is 0.304 bits per heavy atom. The monoisotopic (exact) mass is 709 g/mol. The molecular formula is C53H31N3. The summed E-state index contributed by atoms with van der Waals surface area (Å²) < 4.78 is 0. The third kappa shape index (κ3) is 4.61. The van der Waals surface area contributed by atoms with Crippen molar-refractivity contribution >= 4 is 86.6 Å². The Bertz CT molecular complexity index is 3590. The summed E-state index contributed by atoms with van der Waals surface area (Å²) in [5.74, 6) is 0. The predicted octanol–water partition coefficient (Wildman–Crippen LogP) is 14.1. The van der Waals surface area contributed by atoms with Crippen LogP contribution < -0.4 is 0 Å². The Labute approximate surface area is 322 Å². The van der Waals surface area contributed by atoms with Gasteiger partial charge in [0.25, 0.3) is 0 Å². The van der Waals surface area contributed by atoms with Gasteiger partial charge in [0.05, 0.1) is 22.2 Å². The van der Waals surface area contributed by atoms with Crippen molar-refractivity contribution < 1.29 is 0 Å². The molecule has 0 saturated heterocycles. The van der Waals surface area contributed by atoms with E-state index in [1.54, 1.807) is 0 Å². The standard InChI is InChI=1S/C53H31N3/c1-3-11-44-42(9-1)43-10-2-4-12-45(43)50-49(44)47-13-5-6-14-48(47)56-51(50)34-17-15-32(16-18-34)35-22-24-39-36(30-35)19-20-37-31-38(23-25-40(37)39)41-27-29-55-53-46(41)26-21-33-8-7-28-54-52(33)53/h1-31H. The van der Waals surface area contributed by atoms with Crippen molar-refractivity contribution in [1.82, 2.24) is 15.0 Å². The second-order valence-electron chi connectivity index (χ2n) is 14.7. The van der Waals surface area contributed by atoms with E-state index in [1.807, 2.05) is 18.5 Å². The van der Waals surface area contributed by atoms with Gasteiger partial charge in [0, 0.05) is 44.9 Å². The second-order valence-corrected chi connectivity index (χ2v) is 14.7. The van der Waals surface area contributed by atoms with E-state index in [0.29, 0.717) is 0 Å². The van der Waals surface area contributed by atoms with Gasteiger partial charge in [-0.1, -0.05) is 146 Å². The molecule has 0 saturated carbocycles. The molecule has 3 nitrogen and oxygen atoms in total. The van der Waals surface area contributed by atoms with Gasteiger partial charge in [0.2, 0.25) is 0 Å². The maximum atomic E-state index is 5.35. The topological polar surface area (TPSA) is 38.7 Å². The first-order valence-corrected chi connectivity index (χ1v) is 19.1. The molecule has 0 radical (unpaired) electrons. The third-order valence-electron chi connectivity index (χ3n) is 11.7. The molecule has 0 aliphatic carbocycles. The fraction of sp³-hybridized carbons (Fsp3) is 0. The summed E-state index contributed by atoms with van der Waals surface area (Å²) in [6.07, 6.45) is 3.74. The van der Waals surface area contributed by atoms with E-state index in [9.17, 15) is 0 Å². The average Bonchev–Trinajstić information content (AvgIpc) is 3.28. The van der Waals surface area contributed by atoms with Crippen molar-refractivity contribution in [3.8, 4) is 33.5 Å². The van der Waals surface area contributed by atoms with Crippen LogP contribution in [0.5, 0.6) is 0 Å². The molecule has 9 aromatic carbocycles. The molecule has 0 fully saturated rings. The van der Waals surface area contributed by atoms with Crippen LogP contribution in [0.4, 0.5) is 0 Å². The fourth-order valence-electron chi connectivity index (χ4n) is 9.08. The lowest BCUT2D eigenvalue weighted by molar-refractivity contribution is 1.37. The minimum Gasteiger partial charge on any atom is -0.254 e. The van der Waals surface area contributed by atoms with E-state index in [-0.39, 0.29) is 0 Å². The molecule has 0 aliphatic rings. The molecule has 3 heterocycles. The number of benzene rings is 9. The van der Waals surface area contributed by atoms with Crippen LogP contribution in [0.2, 0.25) is 0 Å². The summed E-state index contributed by atoms with van der Waals surface area (Å²) in [4.78, 5) is 14.7. The summed E-state index contributed by atoms with van der Waals surface area (Å²) in [7, 11) is 0. The van der Waals surface area contributed by atoms with Gasteiger partial charge in [-0.25, -0.2) is 4.98 Å². The summed E-state index contributed by atoms with van der Waals surface area (Å²) in [5, 5.41) is 15.8. The Balaban J connectivity index is 0.948. The van der Waals surface area contributed by atoms with Crippen LogP contribution in [0.25, 0.3) is 120 Å². The zero-order valence-electron chi connectivity index (χ0n) is 30.2. The highest BCUT2D eigenvalue weighted by Crippen LogP contribution is 2.43. The first kappa shape index (κ1) is 30.9. The van der Waals surface area contributed by atoms with E-state index in [2.05, 4.69) is 175 Å². The van der Waals surface area contributed by atoms with Gasteiger partial charge in [-0.05, 0) is 95.7 Å². The quantitative estimate of drug-likeness (QED) is 0.171. The molecule has 0 spiro atoms. The van der Waals surface area contributed by atoms with Crippen LogP contribution in [0.15, 0.2) is 188 Å². The van der Waals surface area contributed by atoms with Crippen LogP contribution in [0.3, 0.4) is 0 Å². The van der Waals surface area contributed by atoms with Crippen LogP contribution in [-0.4, -0.2) is 15.0 Å². The van der Waals surface area contributed by atoms with Crippen molar-refractivity contribution in [1.29, 1.82) is 0 Å². The Hall–Kier alpha value is -7.49. The molecule has 0 N–H and O–H groups in total. The van der Waals surface area contributed by atoms with E-state index in [4.69, 9.17) is 9.97 Å². The highest BCUT2D eigenvalue weighted by Gasteiger charge is 2.18. The Morgan fingerprint density at radius 3 is 1.64 bits per heavy atom. The number of nitrogens with zero attached hydrogens (tertiary/aromatic N) is 3. The first-order chi connectivity index (χ1) is 27.8. The zero-order chi connectivity index (χ0) is 36.7. The lowest BCUT2D eigenvalue weighted by atomic mass is 9.89. The Morgan fingerprint density at radius 2 is 0.875 bits per heavy atom. The van der Waals surface area contributed by atoms with Gasteiger partial charge in [0.15, 0.2) is 0 Å². The van der Waals surface area contributed by atoms with E-state index in [0.717, 1.165) is 44.1 Å². The number of pyridine rings is 3. The third-order valence-corrected chi connectivity index (χ3v) is 11.7. The molecule has 56 heavy (non-hydrogen) atoms. The molecule has 0 aliphatic heterocycles. The van der Waals surface area contributed by atoms with Crippen molar-refractivity contribution in [3.05, 3.63) is 188 Å². The summed E-state index contributed by atoms with van der Waals surface area (Å²) in [6.45, 7) is 0. The Kier molecular flexibility index (Phi) is 6.63. The lowest BCUT2D eigenvalue weighted by Crippen LogP contribution is -1.93. The largest absolute Gasteiger partial charge is 0.254 e. The first-order valence-electron chi connectivity index (χ1n) is 19.1. The lowest BCUT2D eigenvalue weighted by Gasteiger charge is -2.16. The number of hydrogen-bond acceptors (Lipinski definition) is 3. The van der Waals surface area contributed by atoms with Gasteiger partial charge in [0.1, 0.15) is 0 Å². The summed E-state index contributed by atoms with van der Waals surface area (Å²) in [5.41, 5.74) is 9.71. The van der Waals surface area contributed by atoms with Crippen LogP contribution in [-0.2, 0) is 0 Å². The van der Waals surface area contributed by atoms with Crippen LogP contribution in [0.1, 0.15) is 0 Å². The number of para-hydroxylation sites is 1. The zero-order valence-corrected chi connectivity index (χ0v) is 30.2. The molecular weight excluding hydrogens is 679 g/mol. The molecule has 3 aromatic heterocycles. The maximum Gasteiger partial charge on any atom is 0.0970 e. The fourth-order valence-corrected chi connectivity index (χ4v) is 9.08. The molecule has 258 valence electrons. The minimum absolute atomic E-state index is 0.934. The molecule has 0 amide bonds. The van der Waals surface area contributed by atoms with Gasteiger partial charge in [-0.15, -0.1) is 0 Å². The molecule has 0 atom stereocenters. The molecule has 12 aromatic rings. The normalized spacial score (nSPS) is 11.9. The van der Waals surface area contributed by atoms with Crippen molar-refractivity contribution in [3.63, 3.8) is 0 Å². The van der Waals surface area contributed by atoms with E-state index in [1.165, 1.54) is 75.9 Å². The molecule has 12 rings (SSSR count). The van der Waals surface area contributed by atoms with Gasteiger partial charge in [-0.3, -0.25) is 9.97 Å². The predicted molar refractivity (Wildman–Crippen MR) is 236 cm³/mol. The second kappa shape index (κ2) is 12.0. The van der Waals surface area contributed by atoms with Crippen LogP contribution in [0, 0.1) is 0 Å². The molecule has 3 heteroatoms. The van der Waals surface area contributed by atoms with Gasteiger partial charge in [-0.2, -0.15) is 0 Å². The van der Waals surface area contributed by atoms with Crippen molar-refractivity contribution in [2.75, 3.05) is 0 Å². The van der Waals surface area contributed by atoms with E-state index < -0.39 is 0 Å².